The van der Waals surface area contributed by atoms with Crippen LogP contribution in [0.2, 0.25) is 0 Å². The monoisotopic (exact) mass is 181 g/mol. The van der Waals surface area contributed by atoms with Gasteiger partial charge in [-0.25, -0.2) is 0 Å². The molecule has 0 spiro atoms. The van der Waals surface area contributed by atoms with Gasteiger partial charge in [0.15, 0.2) is 0 Å². The molecule has 0 saturated carbocycles. The van der Waals surface area contributed by atoms with E-state index < -0.39 is 0 Å². The summed E-state index contributed by atoms with van der Waals surface area (Å²) in [6.45, 7) is 3.37. The van der Waals surface area contributed by atoms with Crippen molar-refractivity contribution in [3.63, 3.8) is 0 Å². The Morgan fingerprint density at radius 2 is 2.15 bits per heavy atom. The lowest BCUT2D eigenvalue weighted by atomic mass is 10.1. The molecule has 0 saturated heterocycles. The second-order valence-electron chi connectivity index (χ2n) is 2.95. The van der Waals surface area contributed by atoms with Crippen LogP contribution in [-0.4, -0.2) is 17.7 Å². The molecular formula is C10H15NO2. The predicted molar refractivity (Wildman–Crippen MR) is 51.0 cm³/mol. The van der Waals surface area contributed by atoms with Gasteiger partial charge < -0.3 is 5.32 Å². The Balaban J connectivity index is 3.88. The third kappa shape index (κ3) is 5.92. The van der Waals surface area contributed by atoms with Crippen molar-refractivity contribution >= 4 is 11.7 Å². The quantitative estimate of drug-likeness (QED) is 0.505. The van der Waals surface area contributed by atoms with Gasteiger partial charge in [-0.3, -0.25) is 9.59 Å². The number of ketones is 1. The molecule has 0 rings (SSSR count). The van der Waals surface area contributed by atoms with Gasteiger partial charge in [0.1, 0.15) is 5.78 Å². The first-order valence-corrected chi connectivity index (χ1v) is 4.35. The van der Waals surface area contributed by atoms with E-state index in [1.165, 1.54) is 6.92 Å². The van der Waals surface area contributed by atoms with Gasteiger partial charge in [-0.15, -0.1) is 6.42 Å². The molecule has 13 heavy (non-hydrogen) atoms. The minimum atomic E-state index is -0.288. The number of Topliss-reactive ketones (excluding diaryl/α,β-unsaturated/α-hetero) is 1. The fourth-order valence-electron chi connectivity index (χ4n) is 0.957. The van der Waals surface area contributed by atoms with Gasteiger partial charge in [-0.1, -0.05) is 19.3 Å². The van der Waals surface area contributed by atoms with Crippen molar-refractivity contribution in [3.8, 4) is 12.3 Å². The van der Waals surface area contributed by atoms with Crippen LogP contribution >= 0.6 is 0 Å². The van der Waals surface area contributed by atoms with Crippen LogP contribution in [0.4, 0.5) is 0 Å². The number of amides is 1. The fraction of sp³-hybridized carbons (Fsp3) is 0.600. The maximum absolute atomic E-state index is 11.1. The van der Waals surface area contributed by atoms with Gasteiger partial charge >= 0.3 is 0 Å². The standard InChI is InChI=1S/C10H15NO2/c1-4-6-9(5-2)11-10(13)7-8(3)12/h2,9H,4,6-7H2,1,3H3,(H,11,13). The van der Waals surface area contributed by atoms with E-state index in [9.17, 15) is 9.59 Å². The zero-order valence-corrected chi connectivity index (χ0v) is 8.09. The lowest BCUT2D eigenvalue weighted by Crippen LogP contribution is -2.34. The van der Waals surface area contributed by atoms with Crippen LogP contribution < -0.4 is 5.32 Å². The minimum absolute atomic E-state index is 0.0815. The first-order valence-electron chi connectivity index (χ1n) is 4.35. The van der Waals surface area contributed by atoms with Crippen LogP contribution in [0, 0.1) is 12.3 Å². The highest BCUT2D eigenvalue weighted by Gasteiger charge is 2.09. The summed E-state index contributed by atoms with van der Waals surface area (Å²) in [5, 5.41) is 2.60. The summed E-state index contributed by atoms with van der Waals surface area (Å²) in [6.07, 6.45) is 6.77. The van der Waals surface area contributed by atoms with Crippen LogP contribution in [0.25, 0.3) is 0 Å². The first kappa shape index (κ1) is 11.7. The van der Waals surface area contributed by atoms with Crippen molar-refractivity contribution in [2.24, 2.45) is 0 Å². The Kier molecular flexibility index (Phi) is 5.62. The Morgan fingerprint density at radius 1 is 1.54 bits per heavy atom. The lowest BCUT2D eigenvalue weighted by molar-refractivity contribution is -0.127. The van der Waals surface area contributed by atoms with E-state index in [-0.39, 0.29) is 24.2 Å². The Morgan fingerprint density at radius 3 is 2.54 bits per heavy atom. The molecule has 0 aliphatic heterocycles. The molecule has 0 heterocycles. The molecule has 0 bridgehead atoms. The lowest BCUT2D eigenvalue weighted by Gasteiger charge is -2.10. The van der Waals surface area contributed by atoms with Gasteiger partial charge in [-0.05, 0) is 13.3 Å². The molecule has 0 aromatic heterocycles. The maximum Gasteiger partial charge on any atom is 0.228 e. The SMILES string of the molecule is C#CC(CCC)NC(=O)CC(C)=O. The fourth-order valence-corrected chi connectivity index (χ4v) is 0.957. The zero-order chi connectivity index (χ0) is 10.3. The van der Waals surface area contributed by atoms with E-state index in [0.717, 1.165) is 12.8 Å². The minimum Gasteiger partial charge on any atom is -0.342 e. The van der Waals surface area contributed by atoms with E-state index in [1.807, 2.05) is 6.92 Å². The third-order valence-electron chi connectivity index (χ3n) is 1.52. The summed E-state index contributed by atoms with van der Waals surface area (Å²) >= 11 is 0. The van der Waals surface area contributed by atoms with E-state index in [1.54, 1.807) is 0 Å². The van der Waals surface area contributed by atoms with Crippen molar-refractivity contribution in [2.75, 3.05) is 0 Å². The molecular weight excluding hydrogens is 166 g/mol. The number of hydrogen-bond acceptors (Lipinski definition) is 2. The number of hydrogen-bond donors (Lipinski definition) is 1. The molecule has 1 unspecified atom stereocenters. The summed E-state index contributed by atoms with van der Waals surface area (Å²) in [5.74, 6) is 2.03. The molecule has 1 N–H and O–H groups in total. The predicted octanol–water partition coefficient (Wildman–Crippen LogP) is 0.884. The smallest absolute Gasteiger partial charge is 0.228 e. The molecule has 0 aromatic carbocycles. The van der Waals surface area contributed by atoms with Crippen molar-refractivity contribution in [3.05, 3.63) is 0 Å². The molecule has 3 nitrogen and oxygen atoms in total. The van der Waals surface area contributed by atoms with Gasteiger partial charge in [0.2, 0.25) is 5.91 Å². The highest BCUT2D eigenvalue weighted by Crippen LogP contribution is 1.95. The van der Waals surface area contributed by atoms with Crippen molar-refractivity contribution in [2.45, 2.75) is 39.2 Å². The van der Waals surface area contributed by atoms with Gasteiger partial charge in [0, 0.05) is 0 Å². The number of nitrogens with one attached hydrogen (secondary N) is 1. The Bertz CT molecular complexity index is 228. The van der Waals surface area contributed by atoms with Crippen molar-refractivity contribution < 1.29 is 9.59 Å². The first-order chi connectivity index (χ1) is 6.10. The highest BCUT2D eigenvalue weighted by molar-refractivity contribution is 5.96. The highest BCUT2D eigenvalue weighted by atomic mass is 16.2. The summed E-state index contributed by atoms with van der Waals surface area (Å²) in [6, 6.07) is -0.239. The molecule has 1 amide bonds. The second kappa shape index (κ2) is 6.24. The van der Waals surface area contributed by atoms with E-state index in [0.29, 0.717) is 0 Å². The Labute approximate surface area is 78.9 Å². The molecule has 1 atom stereocenters. The van der Waals surface area contributed by atoms with Gasteiger partial charge in [-0.2, -0.15) is 0 Å². The van der Waals surface area contributed by atoms with Crippen LogP contribution in [0.15, 0.2) is 0 Å². The van der Waals surface area contributed by atoms with Crippen molar-refractivity contribution in [1.29, 1.82) is 0 Å². The molecule has 0 aliphatic carbocycles. The van der Waals surface area contributed by atoms with Crippen LogP contribution in [0.3, 0.4) is 0 Å². The Hall–Kier alpha value is -1.30. The summed E-state index contributed by atoms with van der Waals surface area (Å²) in [4.78, 5) is 21.6. The molecule has 72 valence electrons. The van der Waals surface area contributed by atoms with Gasteiger partial charge in [0.05, 0.1) is 12.5 Å². The molecule has 0 aliphatic rings. The van der Waals surface area contributed by atoms with E-state index >= 15 is 0 Å². The molecule has 0 fully saturated rings. The molecule has 0 aromatic rings. The van der Waals surface area contributed by atoms with Crippen LogP contribution in [-0.2, 0) is 9.59 Å². The summed E-state index contributed by atoms with van der Waals surface area (Å²) < 4.78 is 0. The zero-order valence-electron chi connectivity index (χ0n) is 8.09. The van der Waals surface area contributed by atoms with E-state index in [2.05, 4.69) is 11.2 Å². The number of carbonyl (C=O) groups excluding carboxylic acids is 2. The van der Waals surface area contributed by atoms with Gasteiger partial charge in [0.25, 0.3) is 0 Å². The number of rotatable bonds is 5. The maximum atomic E-state index is 11.1. The van der Waals surface area contributed by atoms with Crippen LogP contribution in [0.1, 0.15) is 33.1 Å². The average molecular weight is 181 g/mol. The number of terminal acetylenes is 1. The average Bonchev–Trinajstić information content (AvgIpc) is 2.02. The second-order valence-corrected chi connectivity index (χ2v) is 2.95. The van der Waals surface area contributed by atoms with Crippen molar-refractivity contribution in [1.82, 2.24) is 5.32 Å². The van der Waals surface area contributed by atoms with Crippen LogP contribution in [0.5, 0.6) is 0 Å². The normalized spacial score (nSPS) is 11.5. The molecule has 3 heteroatoms. The summed E-state index contributed by atoms with van der Waals surface area (Å²) in [7, 11) is 0. The number of carbonyl (C=O) groups is 2. The molecule has 0 radical (unpaired) electrons. The van der Waals surface area contributed by atoms with E-state index in [4.69, 9.17) is 6.42 Å². The third-order valence-corrected chi connectivity index (χ3v) is 1.52. The largest absolute Gasteiger partial charge is 0.342 e. The summed E-state index contributed by atoms with van der Waals surface area (Å²) in [5.41, 5.74) is 0. The topological polar surface area (TPSA) is 46.2 Å².